The summed E-state index contributed by atoms with van der Waals surface area (Å²) in [6, 6.07) is 22.9. The number of hydrogen-bond donors (Lipinski definition) is 0. The molecule has 6 aromatic rings. The van der Waals surface area contributed by atoms with Crippen molar-refractivity contribution in [1.29, 1.82) is 0 Å². The summed E-state index contributed by atoms with van der Waals surface area (Å²) in [7, 11) is 0. The van der Waals surface area contributed by atoms with Crippen LogP contribution in [0.5, 0.6) is 0 Å². The fourth-order valence-electron chi connectivity index (χ4n) is 5.35. The van der Waals surface area contributed by atoms with E-state index in [9.17, 15) is 0 Å². The molecule has 0 bridgehead atoms. The van der Waals surface area contributed by atoms with Crippen molar-refractivity contribution in [2.45, 2.75) is 10.6 Å². The number of hydrogen-bond acceptors (Lipinski definition) is 4. The molecule has 6 heteroatoms. The van der Waals surface area contributed by atoms with Gasteiger partial charge in [0.05, 0.1) is 16.3 Å². The summed E-state index contributed by atoms with van der Waals surface area (Å²) >= 11 is 1.92. The standard InChI is InChI=1S/C29H19N5S/c1-2-10-19(11-3-1)33-21-13-6-5-12-20(21)25-28(33)32-29-27(31-25)26-22(14-8-16-30-26)34(29)24-17-18-9-4-7-15-23(18)35-24/h1-17,23-24H. The SMILES string of the molecule is C1=CC2=CC(n3c4cccnc4c4nc5c6ccccc6n(-c6ccccc6)c5nc43)SC2C=C1. The average molecular weight is 470 g/mol. The second kappa shape index (κ2) is 7.17. The molecule has 2 unspecified atom stereocenters. The van der Waals surface area contributed by atoms with Crippen molar-refractivity contribution in [3.8, 4) is 5.69 Å². The van der Waals surface area contributed by atoms with Gasteiger partial charge in [0.15, 0.2) is 11.3 Å². The van der Waals surface area contributed by atoms with Crippen molar-refractivity contribution in [3.63, 3.8) is 0 Å². The van der Waals surface area contributed by atoms with E-state index in [0.717, 1.165) is 50.0 Å². The number of fused-ring (bicyclic) bond motifs is 7. The molecule has 2 aliphatic rings. The molecule has 5 nitrogen and oxygen atoms in total. The van der Waals surface area contributed by atoms with Gasteiger partial charge in [-0.1, -0.05) is 60.7 Å². The van der Waals surface area contributed by atoms with Gasteiger partial charge >= 0.3 is 0 Å². The topological polar surface area (TPSA) is 48.5 Å². The van der Waals surface area contributed by atoms with E-state index < -0.39 is 0 Å². The van der Waals surface area contributed by atoms with Gasteiger partial charge in [0.1, 0.15) is 21.9 Å². The lowest BCUT2D eigenvalue weighted by Crippen LogP contribution is -2.04. The van der Waals surface area contributed by atoms with Crippen LogP contribution in [0.1, 0.15) is 5.37 Å². The van der Waals surface area contributed by atoms with Crippen LogP contribution < -0.4 is 0 Å². The Labute approximate surface area is 205 Å². The first-order valence-corrected chi connectivity index (χ1v) is 12.6. The largest absolute Gasteiger partial charge is 0.306 e. The lowest BCUT2D eigenvalue weighted by molar-refractivity contribution is 0.864. The van der Waals surface area contributed by atoms with Crippen LogP contribution in [0.4, 0.5) is 0 Å². The minimum absolute atomic E-state index is 0.118. The molecular formula is C29H19N5S. The van der Waals surface area contributed by atoms with Crippen molar-refractivity contribution >= 4 is 56.0 Å². The number of rotatable bonds is 2. The maximum Gasteiger partial charge on any atom is 0.166 e. The number of aromatic nitrogens is 5. The van der Waals surface area contributed by atoms with E-state index in [1.54, 1.807) is 0 Å². The van der Waals surface area contributed by atoms with Gasteiger partial charge in [-0.3, -0.25) is 9.55 Å². The molecule has 0 spiro atoms. The third-order valence-electron chi connectivity index (χ3n) is 6.87. The quantitative estimate of drug-likeness (QED) is 0.282. The molecule has 2 aromatic carbocycles. The molecule has 1 aliphatic carbocycles. The van der Waals surface area contributed by atoms with E-state index in [-0.39, 0.29) is 5.37 Å². The highest BCUT2D eigenvalue weighted by molar-refractivity contribution is 8.00. The summed E-state index contributed by atoms with van der Waals surface area (Å²) in [5, 5.41) is 1.57. The van der Waals surface area contributed by atoms with Gasteiger partial charge in [-0.05, 0) is 42.0 Å². The molecule has 0 N–H and O–H groups in total. The Balaban J connectivity index is 1.50. The molecule has 0 fully saturated rings. The lowest BCUT2D eigenvalue weighted by Gasteiger charge is -2.15. The number of thioether (sulfide) groups is 1. The van der Waals surface area contributed by atoms with Gasteiger partial charge in [0.25, 0.3) is 0 Å². The van der Waals surface area contributed by atoms with Gasteiger partial charge in [0, 0.05) is 17.3 Å². The Bertz CT molecular complexity index is 1890. The van der Waals surface area contributed by atoms with E-state index in [2.05, 4.69) is 94.1 Å². The van der Waals surface area contributed by atoms with E-state index in [0.29, 0.717) is 5.25 Å². The monoisotopic (exact) mass is 469 g/mol. The Kier molecular flexibility index (Phi) is 3.93. The summed E-state index contributed by atoms with van der Waals surface area (Å²) in [6.07, 6.45) is 12.9. The van der Waals surface area contributed by atoms with Crippen LogP contribution in [0.15, 0.2) is 109 Å². The maximum atomic E-state index is 5.34. The number of para-hydroxylation sites is 2. The predicted molar refractivity (Wildman–Crippen MR) is 144 cm³/mol. The molecule has 8 rings (SSSR count). The van der Waals surface area contributed by atoms with Crippen molar-refractivity contribution < 1.29 is 0 Å². The number of pyridine rings is 1. The van der Waals surface area contributed by atoms with Crippen LogP contribution in [-0.2, 0) is 0 Å². The first-order chi connectivity index (χ1) is 17.4. The Morgan fingerprint density at radius 2 is 1.60 bits per heavy atom. The summed E-state index contributed by atoms with van der Waals surface area (Å²) in [6.45, 7) is 0. The highest BCUT2D eigenvalue weighted by Crippen LogP contribution is 2.46. The first kappa shape index (κ1) is 19.2. The predicted octanol–water partition coefficient (Wildman–Crippen LogP) is 6.74. The van der Waals surface area contributed by atoms with E-state index in [4.69, 9.17) is 15.0 Å². The summed E-state index contributed by atoms with van der Waals surface area (Å²) < 4.78 is 4.53. The number of nitrogens with zero attached hydrogens (tertiary/aromatic N) is 5. The third-order valence-corrected chi connectivity index (χ3v) is 8.22. The minimum Gasteiger partial charge on any atom is -0.306 e. The molecule has 166 valence electrons. The second-order valence-corrected chi connectivity index (χ2v) is 10.1. The van der Waals surface area contributed by atoms with Crippen LogP contribution in [0.3, 0.4) is 0 Å². The molecule has 0 saturated carbocycles. The van der Waals surface area contributed by atoms with E-state index in [1.807, 2.05) is 30.1 Å². The Morgan fingerprint density at radius 1 is 0.743 bits per heavy atom. The zero-order chi connectivity index (χ0) is 22.9. The second-order valence-electron chi connectivity index (χ2n) is 8.86. The highest BCUT2D eigenvalue weighted by Gasteiger charge is 2.30. The highest BCUT2D eigenvalue weighted by atomic mass is 32.2. The summed E-state index contributed by atoms with van der Waals surface area (Å²) in [4.78, 5) is 15.3. The van der Waals surface area contributed by atoms with Crippen LogP contribution in [0.2, 0.25) is 0 Å². The maximum absolute atomic E-state index is 5.34. The van der Waals surface area contributed by atoms with Crippen molar-refractivity contribution in [2.24, 2.45) is 0 Å². The smallest absolute Gasteiger partial charge is 0.166 e. The number of allylic oxidation sites excluding steroid dienone is 3. The summed E-state index contributed by atoms with van der Waals surface area (Å²) in [5.74, 6) is 0. The summed E-state index contributed by atoms with van der Waals surface area (Å²) in [5.41, 5.74) is 8.96. The average Bonchev–Trinajstić information content (AvgIpc) is 3.57. The van der Waals surface area contributed by atoms with Crippen LogP contribution >= 0.6 is 11.8 Å². The van der Waals surface area contributed by atoms with E-state index >= 15 is 0 Å². The lowest BCUT2D eigenvalue weighted by atomic mass is 10.1. The fraction of sp³-hybridized carbons (Fsp3) is 0.0690. The van der Waals surface area contributed by atoms with Gasteiger partial charge in [-0.25, -0.2) is 9.97 Å². The molecule has 35 heavy (non-hydrogen) atoms. The van der Waals surface area contributed by atoms with Gasteiger partial charge in [0.2, 0.25) is 0 Å². The van der Waals surface area contributed by atoms with Crippen LogP contribution in [0.25, 0.3) is 50.0 Å². The molecule has 0 amide bonds. The van der Waals surface area contributed by atoms with Crippen molar-refractivity contribution in [2.75, 3.05) is 0 Å². The number of benzene rings is 2. The first-order valence-electron chi connectivity index (χ1n) is 11.7. The van der Waals surface area contributed by atoms with Crippen LogP contribution in [0, 0.1) is 0 Å². The molecule has 5 heterocycles. The Hall–Kier alpha value is -4.16. The zero-order valence-corrected chi connectivity index (χ0v) is 19.4. The molecule has 1 aliphatic heterocycles. The molecule has 0 radical (unpaired) electrons. The van der Waals surface area contributed by atoms with Crippen molar-refractivity contribution in [3.05, 3.63) is 109 Å². The minimum atomic E-state index is 0.118. The van der Waals surface area contributed by atoms with E-state index in [1.165, 1.54) is 5.57 Å². The third kappa shape index (κ3) is 2.68. The molecule has 2 atom stereocenters. The Morgan fingerprint density at radius 3 is 2.51 bits per heavy atom. The fourth-order valence-corrected chi connectivity index (χ4v) is 6.72. The van der Waals surface area contributed by atoms with Gasteiger partial charge in [-0.2, -0.15) is 0 Å². The van der Waals surface area contributed by atoms with Crippen LogP contribution in [-0.4, -0.2) is 29.3 Å². The zero-order valence-electron chi connectivity index (χ0n) is 18.6. The molecular weight excluding hydrogens is 450 g/mol. The molecule has 4 aromatic heterocycles. The van der Waals surface area contributed by atoms with Crippen molar-refractivity contribution in [1.82, 2.24) is 24.1 Å². The molecule has 0 saturated heterocycles. The van der Waals surface area contributed by atoms with Gasteiger partial charge in [-0.15, -0.1) is 11.8 Å². The van der Waals surface area contributed by atoms with Gasteiger partial charge < -0.3 is 4.57 Å². The normalized spacial score (nSPS) is 19.3.